The second-order valence-corrected chi connectivity index (χ2v) is 2.12. The lowest BCUT2D eigenvalue weighted by atomic mass is 10.5. The Morgan fingerprint density at radius 2 is 2.57 bits per heavy atom. The van der Waals surface area contributed by atoms with E-state index in [1.165, 1.54) is 11.8 Å². The van der Waals surface area contributed by atoms with E-state index in [0.717, 1.165) is 6.42 Å². The Labute approximate surface area is 48.3 Å². The second-order valence-electron chi connectivity index (χ2n) is 1.06. The first-order valence-corrected chi connectivity index (χ1v) is 3.04. The summed E-state index contributed by atoms with van der Waals surface area (Å²) in [4.78, 5) is 0. The van der Waals surface area contributed by atoms with E-state index in [0.29, 0.717) is 5.04 Å². The van der Waals surface area contributed by atoms with E-state index in [2.05, 4.69) is 6.58 Å². The standard InChI is InChI=1S/C5H9NS/c1-3-5(6)7-4-2/h4,6H,2-3H2,1H3. The molecule has 0 aromatic rings. The van der Waals surface area contributed by atoms with E-state index in [1.807, 2.05) is 6.92 Å². The van der Waals surface area contributed by atoms with Crippen LogP contribution in [0.5, 0.6) is 0 Å². The van der Waals surface area contributed by atoms with E-state index in [4.69, 9.17) is 5.41 Å². The maximum Gasteiger partial charge on any atom is 0.0680 e. The molecule has 0 amide bonds. The average molecular weight is 115 g/mol. The van der Waals surface area contributed by atoms with Crippen molar-refractivity contribution < 1.29 is 0 Å². The number of hydrogen-bond acceptors (Lipinski definition) is 2. The minimum Gasteiger partial charge on any atom is -0.298 e. The first kappa shape index (κ1) is 6.76. The number of nitrogens with one attached hydrogen (secondary N) is 1. The molecule has 0 aromatic heterocycles. The van der Waals surface area contributed by atoms with Crippen LogP contribution in [0.25, 0.3) is 0 Å². The van der Waals surface area contributed by atoms with Crippen molar-refractivity contribution in [3.05, 3.63) is 12.0 Å². The van der Waals surface area contributed by atoms with Gasteiger partial charge < -0.3 is 0 Å². The molecule has 0 saturated heterocycles. The summed E-state index contributed by atoms with van der Waals surface area (Å²) in [5.74, 6) is 0. The first-order chi connectivity index (χ1) is 3.31. The van der Waals surface area contributed by atoms with Crippen LogP contribution in [-0.4, -0.2) is 5.04 Å². The zero-order chi connectivity index (χ0) is 5.70. The van der Waals surface area contributed by atoms with Gasteiger partial charge in [-0.3, -0.25) is 5.41 Å². The molecule has 1 nitrogen and oxygen atoms in total. The van der Waals surface area contributed by atoms with Crippen molar-refractivity contribution in [3.63, 3.8) is 0 Å². The molecule has 0 aromatic carbocycles. The minimum atomic E-state index is 0.676. The summed E-state index contributed by atoms with van der Waals surface area (Å²) >= 11 is 1.38. The van der Waals surface area contributed by atoms with E-state index < -0.39 is 0 Å². The van der Waals surface area contributed by atoms with Gasteiger partial charge in [0.1, 0.15) is 0 Å². The fraction of sp³-hybridized carbons (Fsp3) is 0.400. The molecule has 0 rings (SSSR count). The van der Waals surface area contributed by atoms with Gasteiger partial charge in [-0.05, 0) is 11.8 Å². The van der Waals surface area contributed by atoms with Crippen LogP contribution in [0, 0.1) is 5.41 Å². The lowest BCUT2D eigenvalue weighted by Gasteiger charge is -1.87. The van der Waals surface area contributed by atoms with E-state index >= 15 is 0 Å². The third-order valence-electron chi connectivity index (χ3n) is 0.547. The van der Waals surface area contributed by atoms with Crippen molar-refractivity contribution in [1.82, 2.24) is 0 Å². The molecule has 0 aliphatic rings. The summed E-state index contributed by atoms with van der Waals surface area (Å²) in [6.45, 7) is 5.43. The Hall–Kier alpha value is -0.240. The van der Waals surface area contributed by atoms with Crippen molar-refractivity contribution in [3.8, 4) is 0 Å². The van der Waals surface area contributed by atoms with Crippen molar-refractivity contribution in [2.24, 2.45) is 0 Å². The maximum atomic E-state index is 7.03. The summed E-state index contributed by atoms with van der Waals surface area (Å²) in [5, 5.41) is 9.38. The first-order valence-electron chi connectivity index (χ1n) is 2.16. The molecule has 0 aliphatic carbocycles. The van der Waals surface area contributed by atoms with Gasteiger partial charge >= 0.3 is 0 Å². The lowest BCUT2D eigenvalue weighted by molar-refractivity contribution is 1.28. The molecule has 40 valence electrons. The Bertz CT molecular complexity index is 78.1. The quantitative estimate of drug-likeness (QED) is 0.433. The Morgan fingerprint density at radius 3 is 2.71 bits per heavy atom. The molecule has 0 fully saturated rings. The molecule has 0 unspecified atom stereocenters. The van der Waals surface area contributed by atoms with Crippen LogP contribution in [0.2, 0.25) is 0 Å². The van der Waals surface area contributed by atoms with Crippen LogP contribution in [0.1, 0.15) is 13.3 Å². The van der Waals surface area contributed by atoms with Crippen molar-refractivity contribution >= 4 is 16.8 Å². The van der Waals surface area contributed by atoms with Crippen LogP contribution < -0.4 is 0 Å². The normalized spacial score (nSPS) is 8.14. The van der Waals surface area contributed by atoms with Gasteiger partial charge in [0.05, 0.1) is 5.04 Å². The molecule has 0 heterocycles. The second kappa shape index (κ2) is 3.93. The number of rotatable bonds is 2. The molecule has 0 atom stereocenters. The highest BCUT2D eigenvalue weighted by atomic mass is 32.2. The van der Waals surface area contributed by atoms with Gasteiger partial charge in [0, 0.05) is 0 Å². The van der Waals surface area contributed by atoms with Crippen LogP contribution in [-0.2, 0) is 0 Å². The van der Waals surface area contributed by atoms with Gasteiger partial charge in [0.2, 0.25) is 0 Å². The number of hydrogen-bond donors (Lipinski definition) is 1. The summed E-state index contributed by atoms with van der Waals surface area (Å²) in [6, 6.07) is 0. The number of thioether (sulfide) groups is 1. The molecular formula is C5H9NS. The lowest BCUT2D eigenvalue weighted by Crippen LogP contribution is -1.79. The summed E-state index contributed by atoms with van der Waals surface area (Å²) in [6.07, 6.45) is 0.816. The van der Waals surface area contributed by atoms with E-state index in [-0.39, 0.29) is 0 Å². The predicted octanol–water partition coefficient (Wildman–Crippen LogP) is 2.25. The Balaban J connectivity index is 3.17. The van der Waals surface area contributed by atoms with E-state index in [9.17, 15) is 0 Å². The fourth-order valence-electron chi connectivity index (χ4n) is 0.184. The van der Waals surface area contributed by atoms with Gasteiger partial charge in [0.15, 0.2) is 0 Å². The SMILES string of the molecule is C=CSC(=N)CC. The molecule has 0 radical (unpaired) electrons. The zero-order valence-corrected chi connectivity index (χ0v) is 5.22. The van der Waals surface area contributed by atoms with Crippen LogP contribution >= 0.6 is 11.8 Å². The van der Waals surface area contributed by atoms with Gasteiger partial charge in [-0.1, -0.05) is 25.3 Å². The third kappa shape index (κ3) is 3.59. The third-order valence-corrected chi connectivity index (χ3v) is 1.29. The maximum absolute atomic E-state index is 7.03. The van der Waals surface area contributed by atoms with Crippen LogP contribution in [0.3, 0.4) is 0 Å². The van der Waals surface area contributed by atoms with Gasteiger partial charge in [0.25, 0.3) is 0 Å². The Kier molecular flexibility index (Phi) is 3.80. The predicted molar refractivity (Wildman–Crippen MR) is 35.8 cm³/mol. The largest absolute Gasteiger partial charge is 0.298 e. The minimum absolute atomic E-state index is 0.676. The zero-order valence-electron chi connectivity index (χ0n) is 4.40. The highest BCUT2D eigenvalue weighted by Crippen LogP contribution is 2.03. The van der Waals surface area contributed by atoms with Crippen molar-refractivity contribution in [2.75, 3.05) is 0 Å². The van der Waals surface area contributed by atoms with Crippen molar-refractivity contribution in [1.29, 1.82) is 5.41 Å². The molecule has 2 heteroatoms. The van der Waals surface area contributed by atoms with Crippen LogP contribution in [0.4, 0.5) is 0 Å². The topological polar surface area (TPSA) is 23.9 Å². The summed E-state index contributed by atoms with van der Waals surface area (Å²) in [7, 11) is 0. The van der Waals surface area contributed by atoms with Crippen LogP contribution in [0.15, 0.2) is 12.0 Å². The van der Waals surface area contributed by atoms with Gasteiger partial charge in [-0.2, -0.15) is 0 Å². The summed E-state index contributed by atoms with van der Waals surface area (Å²) in [5.41, 5.74) is 0. The van der Waals surface area contributed by atoms with Crippen molar-refractivity contribution in [2.45, 2.75) is 13.3 Å². The van der Waals surface area contributed by atoms with Gasteiger partial charge in [-0.15, -0.1) is 0 Å². The molecular weight excluding hydrogens is 106 g/mol. The molecule has 7 heavy (non-hydrogen) atoms. The monoisotopic (exact) mass is 115 g/mol. The molecule has 0 aliphatic heterocycles. The smallest absolute Gasteiger partial charge is 0.0680 e. The molecule has 0 saturated carbocycles. The fourth-order valence-corrected chi connectivity index (χ4v) is 0.552. The van der Waals surface area contributed by atoms with Gasteiger partial charge in [-0.25, -0.2) is 0 Å². The Morgan fingerprint density at radius 1 is 2.00 bits per heavy atom. The van der Waals surface area contributed by atoms with E-state index in [1.54, 1.807) is 5.41 Å². The highest BCUT2D eigenvalue weighted by molar-refractivity contribution is 8.16. The average Bonchev–Trinajstić information content (AvgIpc) is 1.68. The summed E-state index contributed by atoms with van der Waals surface area (Å²) < 4.78 is 0. The molecule has 0 spiro atoms. The molecule has 0 bridgehead atoms. The molecule has 1 N–H and O–H groups in total. The highest BCUT2D eigenvalue weighted by Gasteiger charge is 1.84.